The van der Waals surface area contributed by atoms with Crippen molar-refractivity contribution in [2.45, 2.75) is 52.4 Å². The Hall–Kier alpha value is -1.99. The summed E-state index contributed by atoms with van der Waals surface area (Å²) in [4.78, 5) is 16.6. The van der Waals surface area contributed by atoms with E-state index in [0.717, 1.165) is 0 Å². The highest BCUT2D eigenvalue weighted by molar-refractivity contribution is 5.66. The number of aromatic nitrogens is 1. The molecule has 0 saturated carbocycles. The smallest absolute Gasteiger partial charge is 0.422 e. The maximum absolute atomic E-state index is 12.2. The van der Waals surface area contributed by atoms with Crippen LogP contribution in [0.15, 0.2) is 12.3 Å². The molecule has 0 spiro atoms. The summed E-state index contributed by atoms with van der Waals surface area (Å²) in [6.07, 6.45) is -4.18. The number of carbonyl (C=O) groups is 1. The Kier molecular flexibility index (Phi) is 5.50. The molecule has 1 unspecified atom stereocenters. The topological polar surface area (TPSA) is 62.7 Å². The van der Waals surface area contributed by atoms with Crippen molar-refractivity contribution in [1.82, 2.24) is 9.88 Å². The zero-order chi connectivity index (χ0) is 18.0. The molecule has 0 aromatic carbocycles. The molecule has 1 N–H and O–H groups in total. The van der Waals surface area contributed by atoms with Crippen LogP contribution in [-0.4, -0.2) is 39.4 Å². The van der Waals surface area contributed by atoms with Gasteiger partial charge in [0.15, 0.2) is 6.61 Å². The molecular formula is C15H21F3N2O3. The van der Waals surface area contributed by atoms with Gasteiger partial charge in [-0.25, -0.2) is 9.78 Å². The lowest BCUT2D eigenvalue weighted by atomic mass is 10.00. The van der Waals surface area contributed by atoms with Gasteiger partial charge in [0.25, 0.3) is 0 Å². The largest absolute Gasteiger partial charge is 0.468 e. The average molecular weight is 334 g/mol. The lowest BCUT2D eigenvalue weighted by Gasteiger charge is -2.38. The summed E-state index contributed by atoms with van der Waals surface area (Å²) < 4.78 is 41.2. The number of rotatable bonds is 4. The molecule has 1 aromatic heterocycles. The molecule has 1 rings (SSSR count). The Morgan fingerprint density at radius 3 is 2.35 bits per heavy atom. The molecule has 0 fully saturated rings. The monoisotopic (exact) mass is 334 g/mol. The minimum Gasteiger partial charge on any atom is -0.468 e. The zero-order valence-corrected chi connectivity index (χ0v) is 13.7. The molecule has 5 nitrogen and oxygen atoms in total. The molecule has 0 bridgehead atoms. The molecule has 0 aliphatic heterocycles. The van der Waals surface area contributed by atoms with E-state index in [4.69, 9.17) is 0 Å². The highest BCUT2D eigenvalue weighted by Gasteiger charge is 2.32. The van der Waals surface area contributed by atoms with Crippen molar-refractivity contribution in [2.24, 2.45) is 0 Å². The molecule has 0 radical (unpaired) electrons. The number of aryl methyl sites for hydroxylation is 1. The summed E-state index contributed by atoms with van der Waals surface area (Å²) in [6, 6.07) is 1.08. The fourth-order valence-corrected chi connectivity index (χ4v) is 2.30. The highest BCUT2D eigenvalue weighted by Crippen LogP contribution is 2.30. The number of alkyl halides is 3. The Balaban J connectivity index is 3.02. The SMILES string of the molecule is Cc1cc(C(C)N(C(=O)O)C(C)(C)C)cnc1OCC(F)(F)F. The molecule has 1 atom stereocenters. The van der Waals surface area contributed by atoms with Crippen LogP contribution < -0.4 is 4.74 Å². The third kappa shape index (κ3) is 5.30. The van der Waals surface area contributed by atoms with E-state index in [-0.39, 0.29) is 5.88 Å². The van der Waals surface area contributed by atoms with E-state index in [1.807, 2.05) is 0 Å². The van der Waals surface area contributed by atoms with Crippen LogP contribution in [0.1, 0.15) is 44.9 Å². The van der Waals surface area contributed by atoms with Gasteiger partial charge in [-0.3, -0.25) is 4.90 Å². The predicted molar refractivity (Wildman–Crippen MR) is 78.6 cm³/mol. The molecule has 1 aromatic rings. The van der Waals surface area contributed by atoms with Gasteiger partial charge in [-0.2, -0.15) is 13.2 Å². The van der Waals surface area contributed by atoms with Crippen molar-refractivity contribution < 1.29 is 27.8 Å². The maximum atomic E-state index is 12.2. The number of ether oxygens (including phenoxy) is 1. The number of halogens is 3. The molecule has 0 aliphatic rings. The second-order valence-corrected chi connectivity index (χ2v) is 6.29. The van der Waals surface area contributed by atoms with Crippen LogP contribution in [0.4, 0.5) is 18.0 Å². The molecule has 0 saturated heterocycles. The Morgan fingerprint density at radius 1 is 1.39 bits per heavy atom. The second-order valence-electron chi connectivity index (χ2n) is 6.29. The van der Waals surface area contributed by atoms with Gasteiger partial charge in [-0.15, -0.1) is 0 Å². The van der Waals surface area contributed by atoms with E-state index in [0.29, 0.717) is 11.1 Å². The van der Waals surface area contributed by atoms with Gasteiger partial charge in [0.2, 0.25) is 5.88 Å². The van der Waals surface area contributed by atoms with Crippen molar-refractivity contribution in [3.63, 3.8) is 0 Å². The molecule has 23 heavy (non-hydrogen) atoms. The summed E-state index contributed by atoms with van der Waals surface area (Å²) in [5.74, 6) is -0.115. The van der Waals surface area contributed by atoms with Crippen molar-refractivity contribution in [3.8, 4) is 5.88 Å². The fourth-order valence-electron chi connectivity index (χ4n) is 2.30. The number of amides is 1. The number of carboxylic acid groups (broad SMARTS) is 1. The van der Waals surface area contributed by atoms with Crippen LogP contribution in [0.25, 0.3) is 0 Å². The van der Waals surface area contributed by atoms with Gasteiger partial charge in [0.1, 0.15) is 0 Å². The number of pyridine rings is 1. The maximum Gasteiger partial charge on any atom is 0.422 e. The molecule has 8 heteroatoms. The molecule has 0 aliphatic carbocycles. The van der Waals surface area contributed by atoms with Crippen molar-refractivity contribution >= 4 is 6.09 Å². The van der Waals surface area contributed by atoms with Gasteiger partial charge in [0.05, 0.1) is 6.04 Å². The average Bonchev–Trinajstić information content (AvgIpc) is 2.33. The first kappa shape index (κ1) is 19.1. The summed E-state index contributed by atoms with van der Waals surface area (Å²) in [5.41, 5.74) is 0.363. The van der Waals surface area contributed by atoms with Crippen molar-refractivity contribution in [1.29, 1.82) is 0 Å². The van der Waals surface area contributed by atoms with Gasteiger partial charge < -0.3 is 9.84 Å². The van der Waals surface area contributed by atoms with E-state index in [2.05, 4.69) is 9.72 Å². The van der Waals surface area contributed by atoms with Crippen molar-refractivity contribution in [3.05, 3.63) is 23.4 Å². The number of nitrogens with zero attached hydrogens (tertiary/aromatic N) is 2. The third-order valence-corrected chi connectivity index (χ3v) is 3.22. The standard InChI is InChI=1S/C15H21F3N2O3/c1-9-6-11(7-19-12(9)23-8-15(16,17)18)10(2)20(13(21)22)14(3,4)5/h6-7,10H,8H2,1-5H3,(H,21,22). The van der Waals surface area contributed by atoms with Gasteiger partial charge in [-0.05, 0) is 46.2 Å². The minimum absolute atomic E-state index is 0.115. The van der Waals surface area contributed by atoms with E-state index < -0.39 is 30.5 Å². The lowest BCUT2D eigenvalue weighted by Crippen LogP contribution is -2.46. The van der Waals surface area contributed by atoms with E-state index >= 15 is 0 Å². The highest BCUT2D eigenvalue weighted by atomic mass is 19.4. The predicted octanol–water partition coefficient (Wildman–Crippen LogP) is 4.17. The molecule has 130 valence electrons. The summed E-state index contributed by atoms with van der Waals surface area (Å²) in [7, 11) is 0. The van der Waals surface area contributed by atoms with Crippen LogP contribution in [0.5, 0.6) is 5.88 Å². The van der Waals surface area contributed by atoms with Crippen LogP contribution >= 0.6 is 0 Å². The summed E-state index contributed by atoms with van der Waals surface area (Å²) in [6.45, 7) is 7.14. The van der Waals surface area contributed by atoms with Gasteiger partial charge in [0, 0.05) is 17.3 Å². The van der Waals surface area contributed by atoms with Crippen LogP contribution in [0.2, 0.25) is 0 Å². The van der Waals surface area contributed by atoms with Gasteiger partial charge in [-0.1, -0.05) is 0 Å². The Bertz CT molecular complexity index is 568. The first-order valence-electron chi connectivity index (χ1n) is 7.01. The summed E-state index contributed by atoms with van der Waals surface area (Å²) >= 11 is 0. The quantitative estimate of drug-likeness (QED) is 0.897. The molecule has 1 amide bonds. The Morgan fingerprint density at radius 2 is 1.96 bits per heavy atom. The lowest BCUT2D eigenvalue weighted by molar-refractivity contribution is -0.154. The van der Waals surface area contributed by atoms with Crippen LogP contribution in [0, 0.1) is 6.92 Å². The second kappa shape index (κ2) is 6.64. The normalized spacial score (nSPS) is 13.6. The number of hydrogen-bond donors (Lipinski definition) is 1. The zero-order valence-electron chi connectivity index (χ0n) is 13.7. The van der Waals surface area contributed by atoms with Gasteiger partial charge >= 0.3 is 12.3 Å². The first-order valence-corrected chi connectivity index (χ1v) is 7.01. The van der Waals surface area contributed by atoms with E-state index in [1.54, 1.807) is 40.7 Å². The Labute approximate surface area is 133 Å². The molecule has 1 heterocycles. The van der Waals surface area contributed by atoms with E-state index in [1.165, 1.54) is 11.1 Å². The molecular weight excluding hydrogens is 313 g/mol. The third-order valence-electron chi connectivity index (χ3n) is 3.22. The number of hydrogen-bond acceptors (Lipinski definition) is 3. The minimum atomic E-state index is -4.44. The van der Waals surface area contributed by atoms with Crippen LogP contribution in [0.3, 0.4) is 0 Å². The van der Waals surface area contributed by atoms with Crippen molar-refractivity contribution in [2.75, 3.05) is 6.61 Å². The fraction of sp³-hybridized carbons (Fsp3) is 0.600. The van der Waals surface area contributed by atoms with Crippen LogP contribution in [-0.2, 0) is 0 Å². The first-order chi connectivity index (χ1) is 10.3. The summed E-state index contributed by atoms with van der Waals surface area (Å²) in [5, 5.41) is 9.39. The van der Waals surface area contributed by atoms with E-state index in [9.17, 15) is 23.1 Å².